The van der Waals surface area contributed by atoms with Gasteiger partial charge in [-0.15, -0.1) is 0 Å². The van der Waals surface area contributed by atoms with Gasteiger partial charge in [0, 0.05) is 13.2 Å². The number of aryl methyl sites for hydroxylation is 1. The van der Waals surface area contributed by atoms with Crippen molar-refractivity contribution < 1.29 is 14.3 Å². The molecular weight excluding hydrogens is 163 g/mol. The first-order valence-electron chi connectivity index (χ1n) is 3.20. The van der Waals surface area contributed by atoms with Gasteiger partial charge in [-0.2, -0.15) is 5.10 Å². The van der Waals surface area contributed by atoms with Crippen molar-refractivity contribution in [3.8, 4) is 0 Å². The average Bonchev–Trinajstić information content (AvgIpc) is 2.33. The van der Waals surface area contributed by atoms with Crippen LogP contribution < -0.4 is 0 Å². The van der Waals surface area contributed by atoms with E-state index in [2.05, 4.69) is 5.10 Å². The highest BCUT2D eigenvalue weighted by Gasteiger charge is 2.06. The Balaban J connectivity index is 2.99. The Morgan fingerprint density at radius 3 is 2.92 bits per heavy atom. The summed E-state index contributed by atoms with van der Waals surface area (Å²) in [5, 5.41) is 11.9. The highest BCUT2D eigenvalue weighted by atomic mass is 19.1. The number of rotatable bonds is 2. The van der Waals surface area contributed by atoms with Crippen LogP contribution in [0.3, 0.4) is 0 Å². The van der Waals surface area contributed by atoms with Crippen molar-refractivity contribution in [1.29, 1.82) is 0 Å². The number of hydrogen-bond acceptors (Lipinski definition) is 2. The number of carbonyl (C=O) groups is 1. The van der Waals surface area contributed by atoms with E-state index in [9.17, 15) is 9.18 Å². The van der Waals surface area contributed by atoms with Crippen molar-refractivity contribution >= 4 is 11.8 Å². The van der Waals surface area contributed by atoms with E-state index < -0.39 is 11.8 Å². The van der Waals surface area contributed by atoms with Crippen LogP contribution in [0.25, 0.3) is 5.83 Å². The van der Waals surface area contributed by atoms with E-state index in [-0.39, 0.29) is 5.69 Å². The molecular formula is C7H7FN2O2. The van der Waals surface area contributed by atoms with Crippen LogP contribution in [0.15, 0.2) is 18.3 Å². The molecule has 0 amide bonds. The van der Waals surface area contributed by atoms with E-state index in [4.69, 9.17) is 5.11 Å². The van der Waals surface area contributed by atoms with E-state index >= 15 is 0 Å². The summed E-state index contributed by atoms with van der Waals surface area (Å²) >= 11 is 0. The molecule has 12 heavy (non-hydrogen) atoms. The molecule has 0 radical (unpaired) electrons. The number of aromatic nitrogens is 2. The number of hydrogen-bond donors (Lipinski definition) is 1. The molecule has 0 spiro atoms. The van der Waals surface area contributed by atoms with Gasteiger partial charge in [-0.1, -0.05) is 0 Å². The summed E-state index contributed by atoms with van der Waals surface area (Å²) in [6.45, 7) is 0. The van der Waals surface area contributed by atoms with Gasteiger partial charge in [-0.25, -0.2) is 9.18 Å². The molecule has 0 bridgehead atoms. The molecule has 0 atom stereocenters. The Hall–Kier alpha value is -1.65. The monoisotopic (exact) mass is 170 g/mol. The first kappa shape index (κ1) is 8.45. The summed E-state index contributed by atoms with van der Waals surface area (Å²) in [7, 11) is 1.53. The van der Waals surface area contributed by atoms with E-state index in [1.807, 2.05) is 0 Å². The minimum absolute atomic E-state index is 0.150. The minimum Gasteiger partial charge on any atom is -0.478 e. The summed E-state index contributed by atoms with van der Waals surface area (Å²) in [4.78, 5) is 10.1. The number of carboxylic acids is 1. The number of carboxylic acid groups (broad SMARTS) is 1. The Morgan fingerprint density at radius 2 is 2.50 bits per heavy atom. The molecule has 0 saturated heterocycles. The molecule has 0 unspecified atom stereocenters. The van der Waals surface area contributed by atoms with Gasteiger partial charge in [0.05, 0.1) is 11.8 Å². The topological polar surface area (TPSA) is 55.1 Å². The van der Waals surface area contributed by atoms with Crippen molar-refractivity contribution in [3.63, 3.8) is 0 Å². The van der Waals surface area contributed by atoms with Gasteiger partial charge in [-0.3, -0.25) is 4.68 Å². The maximum Gasteiger partial charge on any atom is 0.331 e. The van der Waals surface area contributed by atoms with Crippen molar-refractivity contribution in [2.24, 2.45) is 7.05 Å². The largest absolute Gasteiger partial charge is 0.478 e. The fourth-order valence-corrected chi connectivity index (χ4v) is 0.791. The zero-order chi connectivity index (χ0) is 9.14. The summed E-state index contributed by atoms with van der Waals surface area (Å²) in [6.07, 6.45) is 1.89. The predicted molar refractivity (Wildman–Crippen MR) is 39.9 cm³/mol. The van der Waals surface area contributed by atoms with Gasteiger partial charge in [0.1, 0.15) is 0 Å². The summed E-state index contributed by atoms with van der Waals surface area (Å²) in [5.74, 6) is -2.11. The molecule has 1 aromatic rings. The molecule has 1 aromatic heterocycles. The number of aliphatic carboxylic acids is 1. The van der Waals surface area contributed by atoms with E-state index in [0.717, 1.165) is 0 Å². The lowest BCUT2D eigenvalue weighted by Gasteiger charge is -1.95. The second-order valence-electron chi connectivity index (χ2n) is 2.17. The third-order valence-corrected chi connectivity index (χ3v) is 1.32. The van der Waals surface area contributed by atoms with Gasteiger partial charge in [-0.05, 0) is 6.07 Å². The third kappa shape index (κ3) is 1.69. The zero-order valence-corrected chi connectivity index (χ0v) is 6.36. The van der Waals surface area contributed by atoms with Gasteiger partial charge >= 0.3 is 5.97 Å². The third-order valence-electron chi connectivity index (χ3n) is 1.32. The molecule has 1 heterocycles. The molecule has 4 nitrogen and oxygen atoms in total. The summed E-state index contributed by atoms with van der Waals surface area (Å²) < 4.78 is 14.2. The van der Waals surface area contributed by atoms with Crippen LogP contribution in [0, 0.1) is 0 Å². The van der Waals surface area contributed by atoms with Crippen LogP contribution >= 0.6 is 0 Å². The Morgan fingerprint density at radius 1 is 1.83 bits per heavy atom. The lowest BCUT2D eigenvalue weighted by Crippen LogP contribution is -1.97. The maximum atomic E-state index is 12.9. The molecule has 1 rings (SSSR count). The fraction of sp³-hybridized carbons (Fsp3) is 0.143. The standard InChI is InChI=1S/C7H7FN2O2/c1-10-6(2-3-9-10)5(8)4-7(11)12/h2-4H,1H3,(H,11,12)/b5-4-. The average molecular weight is 170 g/mol. The van der Waals surface area contributed by atoms with Crippen LogP contribution in [-0.4, -0.2) is 20.9 Å². The second-order valence-corrected chi connectivity index (χ2v) is 2.17. The maximum absolute atomic E-state index is 12.9. The van der Waals surface area contributed by atoms with Crippen molar-refractivity contribution in [1.82, 2.24) is 9.78 Å². The van der Waals surface area contributed by atoms with Gasteiger partial charge in [0.25, 0.3) is 0 Å². The predicted octanol–water partition coefficient (Wildman–Crippen LogP) is 0.815. The molecule has 0 fully saturated rings. The van der Waals surface area contributed by atoms with E-state index in [0.29, 0.717) is 6.08 Å². The van der Waals surface area contributed by atoms with Crippen LogP contribution in [-0.2, 0) is 11.8 Å². The highest BCUT2D eigenvalue weighted by molar-refractivity contribution is 5.87. The molecule has 0 aliphatic heterocycles. The van der Waals surface area contributed by atoms with Crippen molar-refractivity contribution in [3.05, 3.63) is 24.0 Å². The number of halogens is 1. The van der Waals surface area contributed by atoms with E-state index in [1.54, 1.807) is 0 Å². The lowest BCUT2D eigenvalue weighted by molar-refractivity contribution is -0.131. The minimum atomic E-state index is -1.31. The van der Waals surface area contributed by atoms with Crippen molar-refractivity contribution in [2.75, 3.05) is 0 Å². The zero-order valence-electron chi connectivity index (χ0n) is 6.36. The highest BCUT2D eigenvalue weighted by Crippen LogP contribution is 2.13. The number of nitrogens with zero attached hydrogens (tertiary/aromatic N) is 2. The molecule has 1 N–H and O–H groups in total. The molecule has 0 aliphatic carbocycles. The quantitative estimate of drug-likeness (QED) is 0.668. The first-order chi connectivity index (χ1) is 5.61. The van der Waals surface area contributed by atoms with Gasteiger partial charge in [0.15, 0.2) is 5.83 Å². The van der Waals surface area contributed by atoms with Crippen molar-refractivity contribution in [2.45, 2.75) is 0 Å². The second kappa shape index (κ2) is 3.17. The molecule has 0 aromatic carbocycles. The lowest BCUT2D eigenvalue weighted by atomic mass is 10.3. The van der Waals surface area contributed by atoms with Gasteiger partial charge in [0.2, 0.25) is 0 Å². The van der Waals surface area contributed by atoms with E-state index in [1.165, 1.54) is 24.0 Å². The molecule has 0 aliphatic rings. The van der Waals surface area contributed by atoms with Crippen LogP contribution in [0.2, 0.25) is 0 Å². The van der Waals surface area contributed by atoms with Gasteiger partial charge < -0.3 is 5.11 Å². The Kier molecular flexibility index (Phi) is 2.23. The summed E-state index contributed by atoms with van der Waals surface area (Å²) in [5.41, 5.74) is 0.150. The Bertz CT molecular complexity index is 330. The SMILES string of the molecule is Cn1nccc1/C(F)=C/C(=O)O. The smallest absolute Gasteiger partial charge is 0.331 e. The fourth-order valence-electron chi connectivity index (χ4n) is 0.791. The molecule has 64 valence electrons. The summed E-state index contributed by atoms with van der Waals surface area (Å²) in [6, 6.07) is 1.40. The molecule has 5 heteroatoms. The molecule has 0 saturated carbocycles. The van der Waals surface area contributed by atoms with Crippen LogP contribution in [0.5, 0.6) is 0 Å². The normalized spacial score (nSPS) is 11.7. The van der Waals surface area contributed by atoms with Crippen LogP contribution in [0.4, 0.5) is 4.39 Å². The van der Waals surface area contributed by atoms with Crippen LogP contribution in [0.1, 0.15) is 5.69 Å². The Labute approximate surface area is 67.9 Å². The first-order valence-corrected chi connectivity index (χ1v) is 3.20.